The van der Waals surface area contributed by atoms with Gasteiger partial charge in [-0.15, -0.1) is 12.4 Å². The average Bonchev–Trinajstić information content (AvgIpc) is 2.96. The SMILES string of the molecule is COc1ccc(/C(=N\OC(C)C(=O)N2CCOCC2)c2nccc3cc(OC)c(OC)cc23)cc1OC.Cl. The third-order valence-corrected chi connectivity index (χ3v) is 6.12. The second kappa shape index (κ2) is 13.2. The predicted molar refractivity (Wildman–Crippen MR) is 145 cm³/mol. The molecule has 1 aliphatic rings. The van der Waals surface area contributed by atoms with Crippen LogP contribution < -0.4 is 18.9 Å². The number of methoxy groups -OCH3 is 4. The van der Waals surface area contributed by atoms with Gasteiger partial charge in [-0.2, -0.15) is 0 Å². The van der Waals surface area contributed by atoms with Crippen molar-refractivity contribution in [2.45, 2.75) is 13.0 Å². The van der Waals surface area contributed by atoms with E-state index in [0.29, 0.717) is 66.3 Å². The Kier molecular flexibility index (Phi) is 9.98. The number of aromatic nitrogens is 1. The zero-order chi connectivity index (χ0) is 26.4. The van der Waals surface area contributed by atoms with Crippen LogP contribution in [0.1, 0.15) is 18.2 Å². The maximum Gasteiger partial charge on any atom is 0.266 e. The number of pyridine rings is 1. The average molecular weight is 546 g/mol. The highest BCUT2D eigenvalue weighted by atomic mass is 35.5. The van der Waals surface area contributed by atoms with Crippen molar-refractivity contribution in [3.05, 3.63) is 53.9 Å². The summed E-state index contributed by atoms with van der Waals surface area (Å²) in [7, 11) is 6.29. The van der Waals surface area contributed by atoms with Crippen LogP contribution in [0.5, 0.6) is 23.0 Å². The molecule has 1 atom stereocenters. The number of hydrogen-bond donors (Lipinski definition) is 0. The van der Waals surface area contributed by atoms with E-state index in [1.54, 1.807) is 58.6 Å². The zero-order valence-electron chi connectivity index (χ0n) is 22.1. The molecule has 0 radical (unpaired) electrons. The van der Waals surface area contributed by atoms with Crippen molar-refractivity contribution in [2.75, 3.05) is 54.7 Å². The number of carbonyl (C=O) groups is 1. The van der Waals surface area contributed by atoms with Gasteiger partial charge in [-0.05, 0) is 48.7 Å². The van der Waals surface area contributed by atoms with Crippen molar-refractivity contribution in [1.29, 1.82) is 0 Å². The molecule has 0 N–H and O–H groups in total. The molecule has 2 aromatic carbocycles. The standard InChI is InChI=1S/C27H31N3O7.ClH/c1-17(27(31)30-10-12-36-13-11-30)37-29-25(19-6-7-21(32-2)22(15-19)33-3)26-20-16-24(35-5)23(34-4)14-18(20)8-9-28-26;/h6-9,14-17H,10-13H2,1-5H3;1H/b29-25+;. The number of hydrogen-bond acceptors (Lipinski definition) is 9. The minimum atomic E-state index is -0.808. The number of fused-ring (bicyclic) bond motifs is 1. The number of oxime groups is 1. The molecule has 0 saturated carbocycles. The Hall–Kier alpha value is -3.76. The first kappa shape index (κ1) is 28.8. The van der Waals surface area contributed by atoms with Gasteiger partial charge in [0.25, 0.3) is 5.91 Å². The third-order valence-electron chi connectivity index (χ3n) is 6.12. The van der Waals surface area contributed by atoms with Gasteiger partial charge >= 0.3 is 0 Å². The Bertz CT molecular complexity index is 1300. The molecule has 0 spiro atoms. The first-order valence-electron chi connectivity index (χ1n) is 11.8. The summed E-state index contributed by atoms with van der Waals surface area (Å²) >= 11 is 0. The van der Waals surface area contributed by atoms with Crippen LogP contribution in [-0.2, 0) is 14.4 Å². The number of halogens is 1. The molecule has 1 amide bonds. The van der Waals surface area contributed by atoms with E-state index in [2.05, 4.69) is 10.1 Å². The fourth-order valence-electron chi connectivity index (χ4n) is 4.12. The van der Waals surface area contributed by atoms with Crippen molar-refractivity contribution < 1.29 is 33.3 Å². The molecule has 0 aliphatic carbocycles. The van der Waals surface area contributed by atoms with E-state index in [-0.39, 0.29) is 18.3 Å². The van der Waals surface area contributed by atoms with E-state index in [9.17, 15) is 4.79 Å². The van der Waals surface area contributed by atoms with Crippen LogP contribution in [0.25, 0.3) is 10.8 Å². The molecular formula is C27H32ClN3O7. The molecule has 1 saturated heterocycles. The first-order chi connectivity index (χ1) is 18.0. The van der Waals surface area contributed by atoms with Crippen LogP contribution in [0.4, 0.5) is 0 Å². The molecule has 2 heterocycles. The van der Waals surface area contributed by atoms with Crippen LogP contribution in [0, 0.1) is 0 Å². The number of amides is 1. The lowest BCUT2D eigenvalue weighted by Crippen LogP contribution is -2.45. The molecule has 1 fully saturated rings. The lowest BCUT2D eigenvalue weighted by molar-refractivity contribution is -0.146. The number of carbonyl (C=O) groups excluding carboxylic acids is 1. The van der Waals surface area contributed by atoms with Gasteiger partial charge < -0.3 is 33.4 Å². The Labute approximate surface area is 227 Å². The summed E-state index contributed by atoms with van der Waals surface area (Å²) in [6.45, 7) is 3.72. The van der Waals surface area contributed by atoms with Crippen molar-refractivity contribution in [3.8, 4) is 23.0 Å². The van der Waals surface area contributed by atoms with Gasteiger partial charge in [-0.25, -0.2) is 0 Å². The minimum absolute atomic E-state index is 0. The molecule has 1 unspecified atom stereocenters. The number of rotatable bonds is 9. The van der Waals surface area contributed by atoms with Crippen LogP contribution >= 0.6 is 12.4 Å². The zero-order valence-corrected chi connectivity index (χ0v) is 22.9. The molecule has 1 aliphatic heterocycles. The molecule has 38 heavy (non-hydrogen) atoms. The van der Waals surface area contributed by atoms with Gasteiger partial charge in [-0.1, -0.05) is 5.16 Å². The lowest BCUT2D eigenvalue weighted by atomic mass is 10.0. The summed E-state index contributed by atoms with van der Waals surface area (Å²) in [4.78, 5) is 25.1. The van der Waals surface area contributed by atoms with Gasteiger partial charge in [0, 0.05) is 30.2 Å². The van der Waals surface area contributed by atoms with Crippen LogP contribution in [0.3, 0.4) is 0 Å². The highest BCUT2D eigenvalue weighted by molar-refractivity contribution is 6.18. The fourth-order valence-corrected chi connectivity index (χ4v) is 4.12. The highest BCUT2D eigenvalue weighted by Crippen LogP contribution is 2.35. The largest absolute Gasteiger partial charge is 0.493 e. The van der Waals surface area contributed by atoms with Gasteiger partial charge in [0.05, 0.1) is 41.7 Å². The van der Waals surface area contributed by atoms with Crippen molar-refractivity contribution in [2.24, 2.45) is 5.16 Å². The normalized spacial score (nSPS) is 14.3. The molecule has 10 nitrogen and oxygen atoms in total. The molecule has 0 bridgehead atoms. The lowest BCUT2D eigenvalue weighted by Gasteiger charge is -2.28. The predicted octanol–water partition coefficient (Wildman–Crippen LogP) is 3.71. The Morgan fingerprint density at radius 3 is 2.21 bits per heavy atom. The fraction of sp³-hybridized carbons (Fsp3) is 0.370. The van der Waals surface area contributed by atoms with Crippen LogP contribution in [0.2, 0.25) is 0 Å². The van der Waals surface area contributed by atoms with Crippen molar-refractivity contribution in [1.82, 2.24) is 9.88 Å². The number of benzene rings is 2. The van der Waals surface area contributed by atoms with Gasteiger partial charge in [0.1, 0.15) is 11.4 Å². The summed E-state index contributed by atoms with van der Waals surface area (Å²) in [5.41, 5.74) is 1.62. The Morgan fingerprint density at radius 2 is 1.55 bits per heavy atom. The molecule has 204 valence electrons. The number of morpholine rings is 1. The second-order valence-corrected chi connectivity index (χ2v) is 8.28. The van der Waals surface area contributed by atoms with Gasteiger partial charge in [-0.3, -0.25) is 9.78 Å². The second-order valence-electron chi connectivity index (χ2n) is 8.28. The smallest absolute Gasteiger partial charge is 0.266 e. The van der Waals surface area contributed by atoms with E-state index in [1.165, 1.54) is 0 Å². The molecular weight excluding hydrogens is 514 g/mol. The summed E-state index contributed by atoms with van der Waals surface area (Å²) in [5, 5.41) is 6.10. The van der Waals surface area contributed by atoms with Gasteiger partial charge in [0.15, 0.2) is 23.0 Å². The van der Waals surface area contributed by atoms with Crippen molar-refractivity contribution in [3.63, 3.8) is 0 Å². The summed E-state index contributed by atoms with van der Waals surface area (Å²) < 4.78 is 27.2. The van der Waals surface area contributed by atoms with Gasteiger partial charge in [0.2, 0.25) is 6.10 Å². The van der Waals surface area contributed by atoms with E-state index in [0.717, 1.165) is 10.8 Å². The third kappa shape index (κ3) is 6.03. The molecule has 3 aromatic rings. The molecule has 1 aromatic heterocycles. The number of ether oxygens (including phenoxy) is 5. The Morgan fingerprint density at radius 1 is 0.921 bits per heavy atom. The number of nitrogens with zero attached hydrogens (tertiary/aromatic N) is 3. The maximum absolute atomic E-state index is 12.9. The van der Waals surface area contributed by atoms with Crippen LogP contribution in [0.15, 0.2) is 47.8 Å². The molecule has 4 rings (SSSR count). The maximum atomic E-state index is 12.9. The Balaban J connectivity index is 0.00000400. The first-order valence-corrected chi connectivity index (χ1v) is 11.8. The van der Waals surface area contributed by atoms with E-state index in [1.807, 2.05) is 24.3 Å². The quantitative estimate of drug-likeness (QED) is 0.296. The summed E-state index contributed by atoms with van der Waals surface area (Å²) in [6, 6.07) is 11.0. The van der Waals surface area contributed by atoms with E-state index < -0.39 is 6.10 Å². The summed E-state index contributed by atoms with van der Waals surface area (Å²) in [6.07, 6.45) is 0.875. The van der Waals surface area contributed by atoms with Crippen LogP contribution in [-0.4, -0.2) is 82.3 Å². The topological polar surface area (TPSA) is 101 Å². The van der Waals surface area contributed by atoms with E-state index >= 15 is 0 Å². The molecule has 11 heteroatoms. The monoisotopic (exact) mass is 545 g/mol. The highest BCUT2D eigenvalue weighted by Gasteiger charge is 2.25. The minimum Gasteiger partial charge on any atom is -0.493 e. The van der Waals surface area contributed by atoms with E-state index in [4.69, 9.17) is 28.5 Å². The van der Waals surface area contributed by atoms with Crippen molar-refractivity contribution >= 4 is 34.8 Å². The summed E-state index contributed by atoms with van der Waals surface area (Å²) in [5.74, 6) is 2.07.